The maximum atomic E-state index is 8.60. The fourth-order valence-corrected chi connectivity index (χ4v) is 0. The zero-order chi connectivity index (χ0) is 4.50. The van der Waals surface area contributed by atoms with Gasteiger partial charge in [-0.3, -0.25) is 0 Å². The highest BCUT2D eigenvalue weighted by atomic mass is 35.7. The summed E-state index contributed by atoms with van der Waals surface area (Å²) in [6.45, 7) is 0. The average Bonchev–Trinajstić information content (AvgIpc) is 0.722. The van der Waals surface area contributed by atoms with Gasteiger partial charge in [0.05, 0.1) is 14.9 Å². The third-order valence-corrected chi connectivity index (χ3v) is 0. The van der Waals surface area contributed by atoms with Crippen molar-refractivity contribution in [1.82, 2.24) is 0 Å². The highest BCUT2D eigenvalue weighted by Crippen LogP contribution is 1.60. The molecule has 0 heterocycles. The highest BCUT2D eigenvalue weighted by Gasteiger charge is 1.98. The van der Waals surface area contributed by atoms with Crippen molar-refractivity contribution < 1.29 is 34.4 Å². The Labute approximate surface area is 57.8 Å². The topological polar surface area (TPSA) is 121 Å². The predicted octanol–water partition coefficient (Wildman–Crippen LogP) is -5.33. The van der Waals surface area contributed by atoms with E-state index in [2.05, 4.69) is 0 Å². The minimum Gasteiger partial charge on any atom is -0.412 e. The van der Waals surface area contributed by atoms with Gasteiger partial charge in [0.15, 0.2) is 0 Å². The van der Waals surface area contributed by atoms with E-state index in [1.54, 1.807) is 0 Å². The van der Waals surface area contributed by atoms with Gasteiger partial charge in [-0.25, -0.2) is 0 Å². The summed E-state index contributed by atoms with van der Waals surface area (Å²) >= 11 is 0. The molecule has 0 atom stereocenters. The van der Waals surface area contributed by atoms with E-state index in [1.807, 2.05) is 0 Å². The SMILES string of the molecule is O.[Mg].[O-][Cl+3]([O-])([O-])O. The van der Waals surface area contributed by atoms with Crippen molar-refractivity contribution in [2.75, 3.05) is 0 Å². The first kappa shape index (κ1) is 15.7. The quantitative estimate of drug-likeness (QED) is 0.340. The van der Waals surface area contributed by atoms with Gasteiger partial charge in [0.1, 0.15) is 0 Å². The minimum absolute atomic E-state index is 0. The Bertz CT molecular complexity index is 23.6. The number of halogens is 1. The van der Waals surface area contributed by atoms with Crippen molar-refractivity contribution in [3.63, 3.8) is 0 Å². The van der Waals surface area contributed by atoms with E-state index >= 15 is 0 Å². The van der Waals surface area contributed by atoms with Crippen molar-refractivity contribution >= 4 is 23.1 Å². The maximum Gasteiger partial charge on any atom is 0.0777 e. The van der Waals surface area contributed by atoms with Crippen LogP contribution in [0.1, 0.15) is 0 Å². The first-order valence-corrected chi connectivity index (χ1v) is 1.90. The standard InChI is InChI=1S/ClHO4.Mg.H2O/c2-1(3,4)5;;/h(H,2,3,4,5);;1H2. The van der Waals surface area contributed by atoms with Crippen LogP contribution in [0.3, 0.4) is 0 Å². The third kappa shape index (κ3) is 221. The predicted molar refractivity (Wildman–Crippen MR) is 11.6 cm³/mol. The van der Waals surface area contributed by atoms with Gasteiger partial charge in [-0.1, -0.05) is 0 Å². The Balaban J connectivity index is -0.0000000800. The van der Waals surface area contributed by atoms with E-state index in [0.29, 0.717) is 0 Å². The molecule has 7 heavy (non-hydrogen) atoms. The van der Waals surface area contributed by atoms with Crippen molar-refractivity contribution in [1.29, 1.82) is 0 Å². The van der Waals surface area contributed by atoms with Crippen LogP contribution in [0.15, 0.2) is 0 Å². The molecule has 0 spiro atoms. The zero-order valence-corrected chi connectivity index (χ0v) is 5.43. The Hall–Kier alpha value is 0.856. The smallest absolute Gasteiger partial charge is 0.0777 e. The lowest BCUT2D eigenvalue weighted by molar-refractivity contribution is -1.92. The van der Waals surface area contributed by atoms with Gasteiger partial charge in [0, 0.05) is 23.1 Å². The van der Waals surface area contributed by atoms with Crippen LogP contribution in [0.5, 0.6) is 0 Å². The number of rotatable bonds is 0. The Morgan fingerprint density at radius 3 is 1.14 bits per heavy atom. The molecule has 0 rings (SSSR count). The van der Waals surface area contributed by atoms with Crippen molar-refractivity contribution in [3.05, 3.63) is 0 Å². The first-order valence-electron chi connectivity index (χ1n) is 0.632. The maximum absolute atomic E-state index is 8.60. The molecule has 42 valence electrons. The van der Waals surface area contributed by atoms with Crippen LogP contribution in [0.25, 0.3) is 0 Å². The highest BCUT2D eigenvalue weighted by molar-refractivity contribution is 5.75. The van der Waals surface area contributed by atoms with Crippen LogP contribution in [0, 0.1) is 10.2 Å². The minimum atomic E-state index is -4.69. The van der Waals surface area contributed by atoms with Gasteiger partial charge in [-0.15, -0.1) is 0 Å². The molecule has 0 fully saturated rings. The van der Waals surface area contributed by atoms with E-state index in [-0.39, 0.29) is 28.5 Å². The number of hydrogen-bond acceptors (Lipinski definition) is 4. The van der Waals surface area contributed by atoms with E-state index in [0.717, 1.165) is 0 Å². The molecular weight excluding hydrogens is 140 g/mol. The molecule has 5 nitrogen and oxygen atoms in total. The van der Waals surface area contributed by atoms with Gasteiger partial charge >= 0.3 is 0 Å². The lowest BCUT2D eigenvalue weighted by Gasteiger charge is -2.03. The van der Waals surface area contributed by atoms with Crippen molar-refractivity contribution in [2.24, 2.45) is 0 Å². The van der Waals surface area contributed by atoms with Crippen LogP contribution in [0.2, 0.25) is 0 Å². The molecule has 0 saturated heterocycles. The van der Waals surface area contributed by atoms with E-state index in [4.69, 9.17) is 18.6 Å². The molecule has 3 N–H and O–H groups in total. The largest absolute Gasteiger partial charge is 0.412 e. The van der Waals surface area contributed by atoms with Gasteiger partial charge in [0.2, 0.25) is 0 Å². The van der Waals surface area contributed by atoms with Crippen LogP contribution in [-0.2, 0) is 0 Å². The van der Waals surface area contributed by atoms with E-state index in [9.17, 15) is 0 Å². The molecule has 0 amide bonds. The van der Waals surface area contributed by atoms with E-state index in [1.165, 1.54) is 0 Å². The Morgan fingerprint density at radius 2 is 1.14 bits per heavy atom. The summed E-state index contributed by atoms with van der Waals surface area (Å²) in [5.74, 6) is 0. The summed E-state index contributed by atoms with van der Waals surface area (Å²) in [5, 5.41) is 0. The van der Waals surface area contributed by atoms with Gasteiger partial charge in [-0.2, -0.15) is 14.0 Å². The molecule has 0 aromatic heterocycles. The molecular formula is H3ClMgO5. The third-order valence-electron chi connectivity index (χ3n) is 0. The molecule has 0 aromatic carbocycles. The summed E-state index contributed by atoms with van der Waals surface area (Å²) in [4.78, 5) is 0. The summed E-state index contributed by atoms with van der Waals surface area (Å²) in [6, 6.07) is 0. The summed E-state index contributed by atoms with van der Waals surface area (Å²) in [7, 11) is -4.69. The van der Waals surface area contributed by atoms with Crippen LogP contribution >= 0.6 is 0 Å². The second-order valence-corrected chi connectivity index (χ2v) is 1.19. The summed E-state index contributed by atoms with van der Waals surface area (Å²) in [5.41, 5.74) is 0. The molecule has 0 unspecified atom stereocenters. The van der Waals surface area contributed by atoms with Crippen molar-refractivity contribution in [3.8, 4) is 0 Å². The van der Waals surface area contributed by atoms with E-state index < -0.39 is 10.2 Å². The molecule has 0 saturated carbocycles. The average molecular weight is 143 g/mol. The molecule has 0 aliphatic rings. The van der Waals surface area contributed by atoms with Crippen molar-refractivity contribution in [2.45, 2.75) is 0 Å². The lowest BCUT2D eigenvalue weighted by atomic mass is 15.8. The monoisotopic (exact) mass is 142 g/mol. The zero-order valence-electron chi connectivity index (χ0n) is 3.26. The van der Waals surface area contributed by atoms with Gasteiger partial charge in [0.25, 0.3) is 0 Å². The Kier molecular flexibility index (Phi) is 11.2. The second kappa shape index (κ2) is 5.00. The van der Waals surface area contributed by atoms with Gasteiger partial charge in [-0.05, 0) is 0 Å². The lowest BCUT2D eigenvalue weighted by Crippen LogP contribution is -2.58. The second-order valence-electron chi connectivity index (χ2n) is 0.396. The fourth-order valence-electron chi connectivity index (χ4n) is 0. The van der Waals surface area contributed by atoms with Gasteiger partial charge < -0.3 is 5.48 Å². The molecule has 2 radical (unpaired) electrons. The molecule has 0 aromatic rings. The first-order chi connectivity index (χ1) is 2.00. The fraction of sp³-hybridized carbons (Fsp3) is 0. The molecule has 0 aliphatic carbocycles. The molecule has 0 bridgehead atoms. The normalized spacial score (nSPS) is 8.57. The Morgan fingerprint density at radius 1 is 1.14 bits per heavy atom. The summed E-state index contributed by atoms with van der Waals surface area (Å²) < 4.78 is 32.7. The van der Waals surface area contributed by atoms with Crippen LogP contribution in [0.4, 0.5) is 0 Å². The summed E-state index contributed by atoms with van der Waals surface area (Å²) in [6.07, 6.45) is 0. The van der Waals surface area contributed by atoms with Crippen LogP contribution < -0.4 is 14.0 Å². The molecule has 0 aliphatic heterocycles. The molecule has 7 heteroatoms. The number of hydrogen-bond donors (Lipinski definition) is 1. The van der Waals surface area contributed by atoms with Crippen LogP contribution in [-0.4, -0.2) is 33.2 Å².